The number of amides is 2. The van der Waals surface area contributed by atoms with Crippen LogP contribution in [0, 0.1) is 5.92 Å². The second-order valence-electron chi connectivity index (χ2n) is 4.64. The summed E-state index contributed by atoms with van der Waals surface area (Å²) in [7, 11) is 1.61. The van der Waals surface area contributed by atoms with Crippen LogP contribution in [0.25, 0.3) is 0 Å². The predicted octanol–water partition coefficient (Wildman–Crippen LogP) is 0.262. The van der Waals surface area contributed by atoms with Crippen molar-refractivity contribution in [1.82, 2.24) is 10.2 Å². The first-order valence-electron chi connectivity index (χ1n) is 5.82. The van der Waals surface area contributed by atoms with Gasteiger partial charge in [-0.15, -0.1) is 0 Å². The summed E-state index contributed by atoms with van der Waals surface area (Å²) in [6.45, 7) is 1.65. The van der Waals surface area contributed by atoms with Gasteiger partial charge in [0.1, 0.15) is 0 Å². The van der Waals surface area contributed by atoms with Crippen LogP contribution in [0.2, 0.25) is 0 Å². The summed E-state index contributed by atoms with van der Waals surface area (Å²) < 4.78 is 0. The number of carboxylic acid groups (broad SMARTS) is 1. The van der Waals surface area contributed by atoms with E-state index in [2.05, 4.69) is 5.32 Å². The quantitative estimate of drug-likeness (QED) is 0.661. The van der Waals surface area contributed by atoms with E-state index in [1.54, 1.807) is 14.0 Å². The van der Waals surface area contributed by atoms with E-state index >= 15 is 0 Å². The molecule has 1 unspecified atom stereocenters. The minimum atomic E-state index is -0.793. The van der Waals surface area contributed by atoms with E-state index in [9.17, 15) is 9.59 Å². The number of likely N-dealkylation sites (N-methyl/N-ethyl adjacent to an activating group) is 1. The molecule has 1 aliphatic carbocycles. The van der Waals surface area contributed by atoms with E-state index in [1.807, 2.05) is 0 Å². The number of aliphatic carboxylic acids is 1. The van der Waals surface area contributed by atoms with E-state index in [-0.39, 0.29) is 30.6 Å². The molecule has 1 fully saturated rings. The van der Waals surface area contributed by atoms with Crippen molar-refractivity contribution >= 4 is 12.0 Å². The minimum Gasteiger partial charge on any atom is -0.481 e. The molecule has 1 rings (SSSR count). The maximum atomic E-state index is 11.7. The first kappa shape index (κ1) is 13.8. The summed E-state index contributed by atoms with van der Waals surface area (Å²) in [6.07, 6.45) is 1.80. The lowest BCUT2D eigenvalue weighted by Crippen LogP contribution is -2.47. The smallest absolute Gasteiger partial charge is 0.317 e. The maximum absolute atomic E-state index is 11.7. The third-order valence-corrected chi connectivity index (χ3v) is 3.36. The lowest BCUT2D eigenvalue weighted by Gasteiger charge is -2.25. The fraction of sp³-hybridized carbons (Fsp3) is 0.818. The monoisotopic (exact) mass is 244 g/mol. The molecule has 0 aromatic rings. The van der Waals surface area contributed by atoms with Gasteiger partial charge in [-0.05, 0) is 26.2 Å². The zero-order valence-corrected chi connectivity index (χ0v) is 10.2. The van der Waals surface area contributed by atoms with E-state index in [0.29, 0.717) is 19.3 Å². The van der Waals surface area contributed by atoms with Crippen LogP contribution in [0.1, 0.15) is 26.2 Å². The van der Waals surface area contributed by atoms with Crippen LogP contribution in [0.5, 0.6) is 0 Å². The Hall–Kier alpha value is -1.30. The normalized spacial score (nSPS) is 25.4. The molecule has 0 aliphatic heterocycles. The van der Waals surface area contributed by atoms with Crippen molar-refractivity contribution in [1.29, 1.82) is 0 Å². The Morgan fingerprint density at radius 2 is 2.12 bits per heavy atom. The molecule has 17 heavy (non-hydrogen) atoms. The summed E-state index contributed by atoms with van der Waals surface area (Å²) in [6, 6.07) is -0.578. The standard InChI is InChI=1S/C11H20N2O4/c1-7(6-14)13(2)11(17)12-9-4-3-8(5-9)10(15)16/h7-9,14H,3-6H2,1-2H3,(H,12,17)(H,15,16)/t7?,8-,9+/m1/s1. The molecule has 6 nitrogen and oxygen atoms in total. The summed E-state index contributed by atoms with van der Waals surface area (Å²) in [5.41, 5.74) is 0. The summed E-state index contributed by atoms with van der Waals surface area (Å²) in [4.78, 5) is 23.9. The molecule has 2 amide bonds. The Labute approximate surface area is 101 Å². The van der Waals surface area contributed by atoms with E-state index in [4.69, 9.17) is 10.2 Å². The lowest BCUT2D eigenvalue weighted by molar-refractivity contribution is -0.141. The number of rotatable bonds is 4. The fourth-order valence-corrected chi connectivity index (χ4v) is 1.94. The number of urea groups is 1. The Bertz CT molecular complexity index is 295. The van der Waals surface area contributed by atoms with Gasteiger partial charge in [0.25, 0.3) is 0 Å². The van der Waals surface area contributed by atoms with Gasteiger partial charge in [-0.2, -0.15) is 0 Å². The molecule has 0 spiro atoms. The number of hydrogen-bond acceptors (Lipinski definition) is 3. The molecule has 3 atom stereocenters. The van der Waals surface area contributed by atoms with Gasteiger partial charge in [-0.3, -0.25) is 4.79 Å². The highest BCUT2D eigenvalue weighted by molar-refractivity contribution is 5.75. The molecule has 0 heterocycles. The summed E-state index contributed by atoms with van der Waals surface area (Å²) in [5.74, 6) is -1.14. The average Bonchev–Trinajstić information content (AvgIpc) is 2.75. The highest BCUT2D eigenvalue weighted by Gasteiger charge is 2.31. The van der Waals surface area contributed by atoms with E-state index in [0.717, 1.165) is 0 Å². The fourth-order valence-electron chi connectivity index (χ4n) is 1.94. The van der Waals surface area contributed by atoms with Crippen molar-refractivity contribution in [2.24, 2.45) is 5.92 Å². The number of carboxylic acids is 1. The number of nitrogens with zero attached hydrogens (tertiary/aromatic N) is 1. The van der Waals surface area contributed by atoms with Gasteiger partial charge in [0, 0.05) is 13.1 Å². The van der Waals surface area contributed by atoms with Crippen molar-refractivity contribution in [3.05, 3.63) is 0 Å². The van der Waals surface area contributed by atoms with Gasteiger partial charge < -0.3 is 20.4 Å². The zero-order valence-electron chi connectivity index (χ0n) is 10.2. The van der Waals surface area contributed by atoms with Crippen LogP contribution in [-0.4, -0.2) is 52.9 Å². The zero-order chi connectivity index (χ0) is 13.0. The second-order valence-corrected chi connectivity index (χ2v) is 4.64. The van der Waals surface area contributed by atoms with Crippen LogP contribution >= 0.6 is 0 Å². The first-order valence-corrected chi connectivity index (χ1v) is 5.82. The number of carbonyl (C=O) groups is 2. The lowest BCUT2D eigenvalue weighted by atomic mass is 10.1. The Morgan fingerprint density at radius 3 is 2.59 bits per heavy atom. The van der Waals surface area contributed by atoms with Crippen LogP contribution in [0.15, 0.2) is 0 Å². The molecule has 98 valence electrons. The van der Waals surface area contributed by atoms with Crippen LogP contribution < -0.4 is 5.32 Å². The predicted molar refractivity (Wildman–Crippen MR) is 61.6 cm³/mol. The third kappa shape index (κ3) is 3.59. The molecule has 3 N–H and O–H groups in total. The molecule has 1 saturated carbocycles. The van der Waals surface area contributed by atoms with Crippen LogP contribution in [0.3, 0.4) is 0 Å². The van der Waals surface area contributed by atoms with Crippen LogP contribution in [0.4, 0.5) is 4.79 Å². The third-order valence-electron chi connectivity index (χ3n) is 3.36. The van der Waals surface area contributed by atoms with Gasteiger partial charge in [-0.25, -0.2) is 4.79 Å². The first-order chi connectivity index (χ1) is 7.95. The summed E-state index contributed by atoms with van der Waals surface area (Å²) in [5, 5.41) is 20.6. The highest BCUT2D eigenvalue weighted by Crippen LogP contribution is 2.25. The van der Waals surface area contributed by atoms with Crippen molar-refractivity contribution in [3.63, 3.8) is 0 Å². The SMILES string of the molecule is CC(CO)N(C)C(=O)N[C@H]1CC[C@@H](C(=O)O)C1. The largest absolute Gasteiger partial charge is 0.481 e. The van der Waals surface area contributed by atoms with Crippen molar-refractivity contribution in [2.45, 2.75) is 38.3 Å². The van der Waals surface area contributed by atoms with Gasteiger partial charge in [-0.1, -0.05) is 0 Å². The molecule has 0 aromatic carbocycles. The molecule has 0 bridgehead atoms. The molecule has 0 saturated heterocycles. The van der Waals surface area contributed by atoms with E-state index in [1.165, 1.54) is 4.90 Å². The topological polar surface area (TPSA) is 89.9 Å². The molecular formula is C11H20N2O4. The Balaban J connectivity index is 2.40. The molecule has 0 radical (unpaired) electrons. The maximum Gasteiger partial charge on any atom is 0.317 e. The number of aliphatic hydroxyl groups is 1. The number of aliphatic hydroxyl groups excluding tert-OH is 1. The van der Waals surface area contributed by atoms with Crippen molar-refractivity contribution < 1.29 is 19.8 Å². The number of carbonyl (C=O) groups excluding carboxylic acids is 1. The molecule has 1 aliphatic rings. The second kappa shape index (κ2) is 5.86. The Morgan fingerprint density at radius 1 is 1.47 bits per heavy atom. The van der Waals surface area contributed by atoms with Gasteiger partial charge in [0.05, 0.1) is 18.6 Å². The molecule has 6 heteroatoms. The average molecular weight is 244 g/mol. The van der Waals surface area contributed by atoms with Crippen molar-refractivity contribution in [2.75, 3.05) is 13.7 Å². The molecular weight excluding hydrogens is 224 g/mol. The van der Waals surface area contributed by atoms with Gasteiger partial charge >= 0.3 is 12.0 Å². The van der Waals surface area contributed by atoms with Gasteiger partial charge in [0.2, 0.25) is 0 Å². The number of hydrogen-bond donors (Lipinski definition) is 3. The molecule has 0 aromatic heterocycles. The van der Waals surface area contributed by atoms with Crippen molar-refractivity contribution in [3.8, 4) is 0 Å². The van der Waals surface area contributed by atoms with Gasteiger partial charge in [0.15, 0.2) is 0 Å². The van der Waals surface area contributed by atoms with E-state index < -0.39 is 5.97 Å². The number of nitrogens with one attached hydrogen (secondary N) is 1. The van der Waals surface area contributed by atoms with Crippen LogP contribution in [-0.2, 0) is 4.79 Å². The summed E-state index contributed by atoms with van der Waals surface area (Å²) >= 11 is 0. The Kier molecular flexibility index (Phi) is 4.74. The minimum absolute atomic E-state index is 0.0723. The highest BCUT2D eigenvalue weighted by atomic mass is 16.4.